The first-order valence-electron chi connectivity index (χ1n) is 7.88. The van der Waals surface area contributed by atoms with Crippen molar-refractivity contribution in [1.29, 1.82) is 5.26 Å². The second-order valence-corrected chi connectivity index (χ2v) is 6.34. The maximum absolute atomic E-state index is 9.43. The zero-order valence-electron chi connectivity index (χ0n) is 13.8. The monoisotopic (exact) mass is 281 g/mol. The van der Waals surface area contributed by atoms with Crippen molar-refractivity contribution in [3.63, 3.8) is 0 Å². The number of nitrogens with zero attached hydrogens (tertiary/aromatic N) is 2. The van der Waals surface area contributed by atoms with Crippen LogP contribution in [0, 0.1) is 17.2 Å². The van der Waals surface area contributed by atoms with Gasteiger partial charge in [-0.25, -0.2) is 0 Å². The summed E-state index contributed by atoms with van der Waals surface area (Å²) >= 11 is 0. The summed E-state index contributed by atoms with van der Waals surface area (Å²) in [4.78, 5) is 2.52. The van der Waals surface area contributed by atoms with Crippen molar-refractivity contribution < 1.29 is 4.74 Å². The molecule has 116 valence electrons. The van der Waals surface area contributed by atoms with E-state index in [4.69, 9.17) is 4.74 Å². The van der Waals surface area contributed by atoms with E-state index < -0.39 is 5.54 Å². The number of nitrogens with one attached hydrogen (secondary N) is 1. The molecule has 0 amide bonds. The maximum atomic E-state index is 9.43. The van der Waals surface area contributed by atoms with Gasteiger partial charge in [0.25, 0.3) is 0 Å². The van der Waals surface area contributed by atoms with Gasteiger partial charge in [-0.2, -0.15) is 5.26 Å². The molecule has 0 aromatic rings. The third-order valence-electron chi connectivity index (χ3n) is 4.46. The van der Waals surface area contributed by atoms with Crippen molar-refractivity contribution >= 4 is 0 Å². The highest BCUT2D eigenvalue weighted by atomic mass is 16.5. The molecule has 1 fully saturated rings. The van der Waals surface area contributed by atoms with Gasteiger partial charge in [-0.05, 0) is 52.5 Å². The SMILES string of the molecule is CCNC(C)(C#N)CC(C)N(CCOC)C(C)C1CC1. The van der Waals surface area contributed by atoms with Crippen LogP contribution in [0.1, 0.15) is 47.0 Å². The molecule has 0 spiro atoms. The first-order valence-corrected chi connectivity index (χ1v) is 7.88. The Balaban J connectivity index is 2.66. The Morgan fingerprint density at radius 1 is 1.45 bits per heavy atom. The Morgan fingerprint density at radius 2 is 2.10 bits per heavy atom. The molecule has 1 aliphatic rings. The molecule has 0 bridgehead atoms. The Hall–Kier alpha value is -0.630. The molecule has 3 atom stereocenters. The minimum Gasteiger partial charge on any atom is -0.383 e. The van der Waals surface area contributed by atoms with Gasteiger partial charge >= 0.3 is 0 Å². The van der Waals surface area contributed by atoms with E-state index in [1.54, 1.807) is 7.11 Å². The van der Waals surface area contributed by atoms with Gasteiger partial charge in [0, 0.05) is 25.7 Å². The quantitative estimate of drug-likeness (QED) is 0.668. The lowest BCUT2D eigenvalue weighted by molar-refractivity contribution is 0.0764. The summed E-state index contributed by atoms with van der Waals surface area (Å²) in [5.74, 6) is 0.835. The van der Waals surface area contributed by atoms with Gasteiger partial charge in [0.1, 0.15) is 5.54 Å². The van der Waals surface area contributed by atoms with Gasteiger partial charge < -0.3 is 4.74 Å². The molecule has 1 rings (SSSR count). The Morgan fingerprint density at radius 3 is 2.55 bits per heavy atom. The van der Waals surface area contributed by atoms with E-state index in [1.165, 1.54) is 12.8 Å². The predicted molar refractivity (Wildman–Crippen MR) is 82.5 cm³/mol. The summed E-state index contributed by atoms with van der Waals surface area (Å²) in [6, 6.07) is 3.40. The van der Waals surface area contributed by atoms with Crippen LogP contribution in [0.3, 0.4) is 0 Å². The predicted octanol–water partition coefficient (Wildman–Crippen LogP) is 2.40. The number of hydrogen-bond donors (Lipinski definition) is 1. The third-order valence-corrected chi connectivity index (χ3v) is 4.46. The largest absolute Gasteiger partial charge is 0.383 e. The summed E-state index contributed by atoms with van der Waals surface area (Å²) < 4.78 is 5.25. The fraction of sp³-hybridized carbons (Fsp3) is 0.938. The second kappa shape index (κ2) is 7.97. The lowest BCUT2D eigenvalue weighted by Crippen LogP contribution is -2.50. The third kappa shape index (κ3) is 5.05. The number of methoxy groups -OCH3 is 1. The van der Waals surface area contributed by atoms with E-state index in [2.05, 4.69) is 37.1 Å². The minimum atomic E-state index is -0.442. The first-order chi connectivity index (χ1) is 9.47. The van der Waals surface area contributed by atoms with E-state index in [1.807, 2.05) is 6.92 Å². The van der Waals surface area contributed by atoms with Crippen molar-refractivity contribution in [2.45, 2.75) is 64.6 Å². The van der Waals surface area contributed by atoms with Gasteiger partial charge in [0.2, 0.25) is 0 Å². The van der Waals surface area contributed by atoms with Crippen LogP contribution in [-0.4, -0.2) is 49.3 Å². The maximum Gasteiger partial charge on any atom is 0.105 e. The summed E-state index contributed by atoms with van der Waals surface area (Å²) in [6.07, 6.45) is 3.54. The molecule has 1 saturated carbocycles. The average Bonchev–Trinajstić information content (AvgIpc) is 3.23. The zero-order chi connectivity index (χ0) is 15.2. The lowest BCUT2D eigenvalue weighted by Gasteiger charge is -2.38. The number of nitriles is 1. The fourth-order valence-electron chi connectivity index (χ4n) is 3.13. The van der Waals surface area contributed by atoms with Crippen LogP contribution >= 0.6 is 0 Å². The lowest BCUT2D eigenvalue weighted by atomic mass is 9.93. The van der Waals surface area contributed by atoms with Gasteiger partial charge in [-0.15, -0.1) is 0 Å². The van der Waals surface area contributed by atoms with Gasteiger partial charge in [-0.3, -0.25) is 10.2 Å². The van der Waals surface area contributed by atoms with Gasteiger partial charge in [0.05, 0.1) is 12.7 Å². The molecule has 0 aliphatic heterocycles. The van der Waals surface area contributed by atoms with Crippen LogP contribution in [0.25, 0.3) is 0 Å². The van der Waals surface area contributed by atoms with Crippen molar-refractivity contribution in [2.75, 3.05) is 26.8 Å². The molecule has 0 saturated heterocycles. The molecule has 0 heterocycles. The summed E-state index contributed by atoms with van der Waals surface area (Å²) in [5, 5.41) is 12.7. The molecule has 20 heavy (non-hydrogen) atoms. The standard InChI is InChI=1S/C16H31N3O/c1-6-18-16(4,12-17)11-13(2)19(9-10-20-5)14(3)15-7-8-15/h13-15,18H,6-11H2,1-5H3. The second-order valence-electron chi connectivity index (χ2n) is 6.34. The topological polar surface area (TPSA) is 48.3 Å². The van der Waals surface area contributed by atoms with E-state index >= 15 is 0 Å². The Kier molecular flexibility index (Phi) is 6.94. The molecular weight excluding hydrogens is 250 g/mol. The molecule has 0 radical (unpaired) electrons. The van der Waals surface area contributed by atoms with Crippen LogP contribution in [0.5, 0.6) is 0 Å². The highest BCUT2D eigenvalue weighted by molar-refractivity contribution is 5.05. The van der Waals surface area contributed by atoms with E-state index in [9.17, 15) is 5.26 Å². The average molecular weight is 281 g/mol. The smallest absolute Gasteiger partial charge is 0.105 e. The molecule has 4 heteroatoms. The van der Waals surface area contributed by atoms with Crippen LogP contribution < -0.4 is 5.32 Å². The van der Waals surface area contributed by atoms with Crippen molar-refractivity contribution in [1.82, 2.24) is 10.2 Å². The molecule has 0 aromatic carbocycles. The van der Waals surface area contributed by atoms with Gasteiger partial charge in [0.15, 0.2) is 0 Å². The van der Waals surface area contributed by atoms with Crippen LogP contribution in [0.2, 0.25) is 0 Å². The Labute approximate surface area is 124 Å². The summed E-state index contributed by atoms with van der Waals surface area (Å²) in [7, 11) is 1.75. The highest BCUT2D eigenvalue weighted by Crippen LogP contribution is 2.36. The van der Waals surface area contributed by atoms with E-state index in [0.29, 0.717) is 12.1 Å². The first kappa shape index (κ1) is 17.4. The summed E-state index contributed by atoms with van der Waals surface area (Å²) in [5.41, 5.74) is -0.442. The molecule has 3 unspecified atom stereocenters. The zero-order valence-corrected chi connectivity index (χ0v) is 13.8. The molecule has 1 N–H and O–H groups in total. The minimum absolute atomic E-state index is 0.379. The van der Waals surface area contributed by atoms with Crippen LogP contribution in [0.4, 0.5) is 0 Å². The normalized spacial score (nSPS) is 21.2. The summed E-state index contributed by atoms with van der Waals surface area (Å²) in [6.45, 7) is 11.1. The molecule has 4 nitrogen and oxygen atoms in total. The van der Waals surface area contributed by atoms with Crippen LogP contribution in [0.15, 0.2) is 0 Å². The van der Waals surface area contributed by atoms with Crippen molar-refractivity contribution in [3.8, 4) is 6.07 Å². The van der Waals surface area contributed by atoms with Crippen molar-refractivity contribution in [3.05, 3.63) is 0 Å². The highest BCUT2D eigenvalue weighted by Gasteiger charge is 2.36. The molecule has 1 aliphatic carbocycles. The number of rotatable bonds is 10. The van der Waals surface area contributed by atoms with Gasteiger partial charge in [-0.1, -0.05) is 6.92 Å². The van der Waals surface area contributed by atoms with E-state index in [-0.39, 0.29) is 0 Å². The van der Waals surface area contributed by atoms with Crippen LogP contribution in [-0.2, 0) is 4.74 Å². The number of ether oxygens (including phenoxy) is 1. The Bertz CT molecular complexity index is 324. The number of hydrogen-bond acceptors (Lipinski definition) is 4. The van der Waals surface area contributed by atoms with E-state index in [0.717, 1.165) is 32.0 Å². The molecule has 0 aromatic heterocycles. The molecular formula is C16H31N3O. The fourth-order valence-corrected chi connectivity index (χ4v) is 3.13. The van der Waals surface area contributed by atoms with Crippen molar-refractivity contribution in [2.24, 2.45) is 5.92 Å².